The monoisotopic (exact) mass is 382 g/mol. The largest absolute Gasteiger partial charge is 0.320 e. The van der Waals surface area contributed by atoms with E-state index in [0.717, 1.165) is 27.3 Å². The van der Waals surface area contributed by atoms with E-state index in [1.54, 1.807) is 10.7 Å². The van der Waals surface area contributed by atoms with E-state index in [4.69, 9.17) is 11.6 Å². The molecule has 0 unspecified atom stereocenters. The van der Waals surface area contributed by atoms with E-state index in [0.29, 0.717) is 17.3 Å². The number of carbonyl (C=O) groups is 1. The predicted molar refractivity (Wildman–Crippen MR) is 105 cm³/mol. The van der Waals surface area contributed by atoms with Crippen LogP contribution in [-0.4, -0.2) is 26.4 Å². The molecule has 5 nitrogen and oxygen atoms in total. The van der Waals surface area contributed by atoms with Gasteiger partial charge in [-0.2, -0.15) is 5.10 Å². The minimum absolute atomic E-state index is 0.222. The van der Waals surface area contributed by atoms with Crippen molar-refractivity contribution in [1.82, 2.24) is 14.6 Å². The normalized spacial score (nSPS) is 11.0. The lowest BCUT2D eigenvalue weighted by Gasteiger charge is -2.01. The van der Waals surface area contributed by atoms with Gasteiger partial charge in [-0.3, -0.25) is 4.79 Å². The maximum absolute atomic E-state index is 12.6. The summed E-state index contributed by atoms with van der Waals surface area (Å²) in [6.45, 7) is 0. The number of hydrogen-bond donors (Lipinski definition) is 1. The Hall–Kier alpha value is -2.70. The van der Waals surface area contributed by atoms with Gasteiger partial charge >= 0.3 is 0 Å². The molecule has 1 aromatic carbocycles. The molecule has 7 heteroatoms. The van der Waals surface area contributed by atoms with Crippen LogP contribution in [0.2, 0.25) is 0 Å². The van der Waals surface area contributed by atoms with E-state index in [9.17, 15) is 4.79 Å². The number of anilines is 1. The average Bonchev–Trinajstić information content (AvgIpc) is 3.27. The molecule has 4 aromatic rings. The second-order valence-corrected chi connectivity index (χ2v) is 7.10. The van der Waals surface area contributed by atoms with E-state index >= 15 is 0 Å². The van der Waals surface area contributed by atoms with Crippen LogP contribution < -0.4 is 5.32 Å². The smallest absolute Gasteiger partial charge is 0.284 e. The van der Waals surface area contributed by atoms with Crippen LogP contribution in [0.3, 0.4) is 0 Å². The molecule has 0 aliphatic carbocycles. The Morgan fingerprint density at radius 2 is 1.96 bits per heavy atom. The number of para-hydroxylation sites is 1. The molecule has 0 aliphatic heterocycles. The molecule has 26 heavy (non-hydrogen) atoms. The van der Waals surface area contributed by atoms with E-state index in [1.165, 1.54) is 11.3 Å². The Morgan fingerprint density at radius 1 is 1.15 bits per heavy atom. The zero-order valence-corrected chi connectivity index (χ0v) is 15.3. The number of nitrogens with one attached hydrogen (secondary N) is 1. The Morgan fingerprint density at radius 3 is 2.77 bits per heavy atom. The molecule has 0 fully saturated rings. The van der Waals surface area contributed by atoms with E-state index in [1.807, 2.05) is 54.7 Å². The number of nitrogens with zero attached hydrogens (tertiary/aromatic N) is 3. The van der Waals surface area contributed by atoms with Gasteiger partial charge in [0.2, 0.25) is 0 Å². The molecule has 0 saturated heterocycles. The van der Waals surface area contributed by atoms with Gasteiger partial charge in [0, 0.05) is 28.2 Å². The molecule has 0 radical (unpaired) electrons. The molecule has 4 rings (SSSR count). The van der Waals surface area contributed by atoms with Crippen LogP contribution in [0.4, 0.5) is 5.69 Å². The van der Waals surface area contributed by atoms with Crippen molar-refractivity contribution in [2.45, 2.75) is 6.42 Å². The van der Waals surface area contributed by atoms with Crippen LogP contribution in [0.5, 0.6) is 0 Å². The molecule has 0 spiro atoms. The van der Waals surface area contributed by atoms with Gasteiger partial charge in [-0.15, -0.1) is 22.9 Å². The first kappa shape index (κ1) is 16.8. The molecule has 0 saturated carbocycles. The van der Waals surface area contributed by atoms with Crippen molar-refractivity contribution < 1.29 is 4.79 Å². The number of benzene rings is 1. The lowest BCUT2D eigenvalue weighted by molar-refractivity contribution is 0.102. The minimum atomic E-state index is -0.222. The van der Waals surface area contributed by atoms with Crippen molar-refractivity contribution in [2.24, 2.45) is 0 Å². The number of aromatic nitrogens is 3. The van der Waals surface area contributed by atoms with E-state index in [2.05, 4.69) is 15.4 Å². The standard InChI is InChI=1S/C19H15ClN4OS/c20-10-9-16-17(14-12-21-24-11-5-4-8-15(14)24)23-19(26-16)18(25)22-13-6-2-1-3-7-13/h1-8,11-12H,9-10H2,(H,22,25). The number of rotatable bonds is 5. The SMILES string of the molecule is O=C(Nc1ccccc1)c1nc(-c2cnn3ccccc23)c(CCCl)s1. The predicted octanol–water partition coefficient (Wildman–Crippen LogP) is 4.49. The van der Waals surface area contributed by atoms with Crippen LogP contribution >= 0.6 is 22.9 Å². The van der Waals surface area contributed by atoms with E-state index < -0.39 is 0 Å². The van der Waals surface area contributed by atoms with Crippen molar-refractivity contribution in [1.29, 1.82) is 0 Å². The number of amides is 1. The average molecular weight is 383 g/mol. The van der Waals surface area contributed by atoms with Gasteiger partial charge in [0.25, 0.3) is 5.91 Å². The summed E-state index contributed by atoms with van der Waals surface area (Å²) in [4.78, 5) is 18.2. The minimum Gasteiger partial charge on any atom is -0.320 e. The first-order chi connectivity index (χ1) is 12.8. The fourth-order valence-electron chi connectivity index (χ4n) is 2.74. The summed E-state index contributed by atoms with van der Waals surface area (Å²) in [6, 6.07) is 15.2. The summed E-state index contributed by atoms with van der Waals surface area (Å²) < 4.78 is 1.79. The van der Waals surface area contributed by atoms with Crippen molar-refractivity contribution in [3.63, 3.8) is 0 Å². The highest BCUT2D eigenvalue weighted by Crippen LogP contribution is 2.32. The quantitative estimate of drug-likeness (QED) is 0.517. The fraction of sp³-hybridized carbons (Fsp3) is 0.105. The van der Waals surface area contributed by atoms with Crippen molar-refractivity contribution >= 4 is 40.0 Å². The van der Waals surface area contributed by atoms with Crippen molar-refractivity contribution in [2.75, 3.05) is 11.2 Å². The fourth-order valence-corrected chi connectivity index (χ4v) is 4.01. The molecule has 1 N–H and O–H groups in total. The number of aryl methyl sites for hydroxylation is 1. The summed E-state index contributed by atoms with van der Waals surface area (Å²) in [6.07, 6.45) is 4.31. The molecule has 130 valence electrons. The zero-order valence-electron chi connectivity index (χ0n) is 13.7. The molecule has 0 aliphatic rings. The van der Waals surface area contributed by atoms with Gasteiger partial charge in [-0.05, 0) is 30.7 Å². The number of pyridine rings is 1. The maximum atomic E-state index is 12.6. The highest BCUT2D eigenvalue weighted by molar-refractivity contribution is 7.14. The topological polar surface area (TPSA) is 59.3 Å². The van der Waals surface area contributed by atoms with Gasteiger partial charge in [0.15, 0.2) is 5.01 Å². The zero-order chi connectivity index (χ0) is 17.9. The lowest BCUT2D eigenvalue weighted by atomic mass is 10.1. The van der Waals surface area contributed by atoms with Crippen molar-refractivity contribution in [3.05, 3.63) is 70.8 Å². The van der Waals surface area contributed by atoms with Gasteiger partial charge in [0.1, 0.15) is 0 Å². The second-order valence-electron chi connectivity index (χ2n) is 5.64. The lowest BCUT2D eigenvalue weighted by Crippen LogP contribution is -2.11. The third-order valence-corrected chi connectivity index (χ3v) is 5.23. The summed E-state index contributed by atoms with van der Waals surface area (Å²) in [5.41, 5.74) is 3.36. The number of halogens is 1. The third-order valence-electron chi connectivity index (χ3n) is 3.93. The molecule has 0 bridgehead atoms. The van der Waals surface area contributed by atoms with E-state index in [-0.39, 0.29) is 5.91 Å². The van der Waals surface area contributed by atoms with Crippen LogP contribution in [-0.2, 0) is 6.42 Å². The molecular formula is C19H15ClN4OS. The number of hydrogen-bond acceptors (Lipinski definition) is 4. The summed E-state index contributed by atoms with van der Waals surface area (Å²) >= 11 is 7.34. The van der Waals surface area contributed by atoms with Gasteiger partial charge < -0.3 is 5.32 Å². The summed E-state index contributed by atoms with van der Waals surface area (Å²) in [5, 5.41) is 7.66. The number of thiazole rings is 1. The van der Waals surface area contributed by atoms with Crippen LogP contribution in [0.15, 0.2) is 60.9 Å². The molecular weight excluding hydrogens is 368 g/mol. The van der Waals surface area contributed by atoms with Gasteiger partial charge in [-0.1, -0.05) is 24.3 Å². The van der Waals surface area contributed by atoms with Crippen molar-refractivity contribution in [3.8, 4) is 11.3 Å². The second kappa shape index (κ2) is 7.27. The molecule has 1 amide bonds. The molecule has 3 aromatic heterocycles. The van der Waals surface area contributed by atoms with Gasteiger partial charge in [-0.25, -0.2) is 9.50 Å². The Bertz CT molecular complexity index is 1060. The first-order valence-electron chi connectivity index (χ1n) is 8.11. The maximum Gasteiger partial charge on any atom is 0.284 e. The molecule has 3 heterocycles. The van der Waals surface area contributed by atoms with Gasteiger partial charge in [0.05, 0.1) is 17.4 Å². The van der Waals surface area contributed by atoms with Crippen LogP contribution in [0.1, 0.15) is 14.7 Å². The van der Waals surface area contributed by atoms with Crippen LogP contribution in [0.25, 0.3) is 16.8 Å². The molecule has 0 atom stereocenters. The highest BCUT2D eigenvalue weighted by atomic mass is 35.5. The third kappa shape index (κ3) is 3.21. The number of carbonyl (C=O) groups excluding carboxylic acids is 1. The highest BCUT2D eigenvalue weighted by Gasteiger charge is 2.20. The summed E-state index contributed by atoms with van der Waals surface area (Å²) in [5.74, 6) is 0.244. The number of fused-ring (bicyclic) bond motifs is 1. The first-order valence-corrected chi connectivity index (χ1v) is 9.46. The van der Waals surface area contributed by atoms with Crippen LogP contribution in [0, 0.1) is 0 Å². The number of alkyl halides is 1. The Kier molecular flexibility index (Phi) is 4.69. The summed E-state index contributed by atoms with van der Waals surface area (Å²) in [7, 11) is 0. The Labute approximate surface area is 159 Å². The Balaban J connectivity index is 1.72.